The maximum Gasteiger partial charge on any atom is 0.147 e. The Hall–Kier alpha value is -0.360. The fourth-order valence-electron chi connectivity index (χ4n) is 1.88. The first kappa shape index (κ1) is 17.0. The van der Waals surface area contributed by atoms with Crippen LogP contribution in [0, 0.1) is 0 Å². The predicted octanol–water partition coefficient (Wildman–Crippen LogP) is 5.39. The summed E-state index contributed by atoms with van der Waals surface area (Å²) in [5.74, 6) is 0.874. The standard InChI is InChI=1S/C16H19Br2NOS/c1-11(2)19-9-13-7-14(17)16(15(18)8-13)20-5-3-12-4-6-21-10-12/h4,6-8,10-11,19H,3,5,9H2,1-2H3. The Labute approximate surface area is 147 Å². The number of rotatable bonds is 7. The summed E-state index contributed by atoms with van der Waals surface area (Å²) >= 11 is 8.93. The molecule has 2 aromatic rings. The van der Waals surface area contributed by atoms with Crippen LogP contribution < -0.4 is 10.1 Å². The second-order valence-electron chi connectivity index (χ2n) is 5.15. The van der Waals surface area contributed by atoms with E-state index in [-0.39, 0.29) is 0 Å². The highest BCUT2D eigenvalue weighted by atomic mass is 79.9. The number of thiophene rings is 1. The molecular formula is C16H19Br2NOS. The highest BCUT2D eigenvalue weighted by molar-refractivity contribution is 9.11. The van der Waals surface area contributed by atoms with E-state index in [0.717, 1.165) is 27.7 Å². The van der Waals surface area contributed by atoms with Crippen molar-refractivity contribution < 1.29 is 4.74 Å². The molecule has 0 bridgehead atoms. The summed E-state index contributed by atoms with van der Waals surface area (Å²) in [6.45, 7) is 5.82. The van der Waals surface area contributed by atoms with Crippen molar-refractivity contribution in [1.82, 2.24) is 5.32 Å². The number of halogens is 2. The number of benzene rings is 1. The van der Waals surface area contributed by atoms with E-state index in [2.05, 4.69) is 80.0 Å². The van der Waals surface area contributed by atoms with Gasteiger partial charge in [-0.1, -0.05) is 13.8 Å². The molecule has 0 aliphatic rings. The average Bonchev–Trinajstić information content (AvgIpc) is 2.92. The zero-order chi connectivity index (χ0) is 15.2. The minimum Gasteiger partial charge on any atom is -0.491 e. The number of ether oxygens (including phenoxy) is 1. The third-order valence-electron chi connectivity index (χ3n) is 2.99. The molecule has 2 rings (SSSR count). The Morgan fingerprint density at radius 2 is 1.90 bits per heavy atom. The van der Waals surface area contributed by atoms with Crippen molar-refractivity contribution in [1.29, 1.82) is 0 Å². The Kier molecular flexibility index (Phi) is 6.74. The lowest BCUT2D eigenvalue weighted by Crippen LogP contribution is -2.21. The minimum atomic E-state index is 0.476. The summed E-state index contributed by atoms with van der Waals surface area (Å²) in [7, 11) is 0. The van der Waals surface area contributed by atoms with Crippen molar-refractivity contribution in [2.75, 3.05) is 6.61 Å². The van der Waals surface area contributed by atoms with Gasteiger partial charge in [-0.3, -0.25) is 0 Å². The molecule has 0 fully saturated rings. The van der Waals surface area contributed by atoms with Crippen LogP contribution in [0.15, 0.2) is 37.9 Å². The lowest BCUT2D eigenvalue weighted by Gasteiger charge is -2.13. The van der Waals surface area contributed by atoms with E-state index in [1.54, 1.807) is 11.3 Å². The van der Waals surface area contributed by atoms with Gasteiger partial charge in [-0.2, -0.15) is 11.3 Å². The molecule has 0 spiro atoms. The van der Waals surface area contributed by atoms with E-state index in [1.807, 2.05) is 0 Å². The lowest BCUT2D eigenvalue weighted by molar-refractivity contribution is 0.318. The summed E-state index contributed by atoms with van der Waals surface area (Å²) in [6.07, 6.45) is 0.930. The molecule has 0 atom stereocenters. The van der Waals surface area contributed by atoms with E-state index in [9.17, 15) is 0 Å². The van der Waals surface area contributed by atoms with Gasteiger partial charge in [0.05, 0.1) is 15.6 Å². The van der Waals surface area contributed by atoms with Crippen molar-refractivity contribution in [2.45, 2.75) is 32.9 Å². The Morgan fingerprint density at radius 1 is 1.19 bits per heavy atom. The first-order chi connectivity index (χ1) is 10.1. The summed E-state index contributed by atoms with van der Waals surface area (Å²) in [5.41, 5.74) is 2.55. The zero-order valence-corrected chi connectivity index (χ0v) is 16.1. The molecule has 114 valence electrons. The van der Waals surface area contributed by atoms with Gasteiger partial charge >= 0.3 is 0 Å². The van der Waals surface area contributed by atoms with Gasteiger partial charge in [0.15, 0.2) is 0 Å². The van der Waals surface area contributed by atoms with Gasteiger partial charge in [0.2, 0.25) is 0 Å². The highest BCUT2D eigenvalue weighted by Gasteiger charge is 2.09. The fraction of sp³-hybridized carbons (Fsp3) is 0.375. The quantitative estimate of drug-likeness (QED) is 0.632. The summed E-state index contributed by atoms with van der Waals surface area (Å²) in [5, 5.41) is 7.67. The van der Waals surface area contributed by atoms with Gasteiger partial charge in [0.25, 0.3) is 0 Å². The molecular weight excluding hydrogens is 414 g/mol. The van der Waals surface area contributed by atoms with Gasteiger partial charge in [-0.15, -0.1) is 0 Å². The zero-order valence-electron chi connectivity index (χ0n) is 12.2. The smallest absolute Gasteiger partial charge is 0.147 e. The van der Waals surface area contributed by atoms with E-state index < -0.39 is 0 Å². The molecule has 0 saturated heterocycles. The molecule has 1 aromatic carbocycles. The summed E-state index contributed by atoms with van der Waals surface area (Å²) < 4.78 is 7.89. The topological polar surface area (TPSA) is 21.3 Å². The first-order valence-electron chi connectivity index (χ1n) is 6.91. The fourth-order valence-corrected chi connectivity index (χ4v) is 4.09. The molecule has 0 aliphatic carbocycles. The van der Waals surface area contributed by atoms with Crippen LogP contribution in [0.2, 0.25) is 0 Å². The minimum absolute atomic E-state index is 0.476. The van der Waals surface area contributed by atoms with Crippen LogP contribution in [0.3, 0.4) is 0 Å². The predicted molar refractivity (Wildman–Crippen MR) is 97.3 cm³/mol. The van der Waals surface area contributed by atoms with Crippen LogP contribution in [0.1, 0.15) is 25.0 Å². The van der Waals surface area contributed by atoms with E-state index in [1.165, 1.54) is 11.1 Å². The Morgan fingerprint density at radius 3 is 2.48 bits per heavy atom. The van der Waals surface area contributed by atoms with Crippen LogP contribution in [-0.2, 0) is 13.0 Å². The lowest BCUT2D eigenvalue weighted by atomic mass is 10.2. The summed E-state index contributed by atoms with van der Waals surface area (Å²) in [6, 6.07) is 6.84. The van der Waals surface area contributed by atoms with E-state index >= 15 is 0 Å². The molecule has 0 radical (unpaired) electrons. The molecule has 0 saturated carbocycles. The molecule has 5 heteroatoms. The maximum atomic E-state index is 5.91. The van der Waals surface area contributed by atoms with Crippen molar-refractivity contribution in [3.8, 4) is 5.75 Å². The SMILES string of the molecule is CC(C)NCc1cc(Br)c(OCCc2ccsc2)c(Br)c1. The maximum absolute atomic E-state index is 5.91. The second kappa shape index (κ2) is 8.32. The molecule has 1 N–H and O–H groups in total. The Balaban J connectivity index is 1.96. The van der Waals surface area contributed by atoms with Gasteiger partial charge in [-0.05, 0) is 71.9 Å². The number of nitrogens with one attached hydrogen (secondary N) is 1. The highest BCUT2D eigenvalue weighted by Crippen LogP contribution is 2.35. The molecule has 0 aliphatic heterocycles. The summed E-state index contributed by atoms with van der Waals surface area (Å²) in [4.78, 5) is 0. The molecule has 21 heavy (non-hydrogen) atoms. The number of hydrogen-bond donors (Lipinski definition) is 1. The van der Waals surface area contributed by atoms with Crippen molar-refractivity contribution in [2.24, 2.45) is 0 Å². The van der Waals surface area contributed by atoms with Crippen LogP contribution in [-0.4, -0.2) is 12.6 Å². The van der Waals surface area contributed by atoms with Gasteiger partial charge < -0.3 is 10.1 Å². The molecule has 1 aromatic heterocycles. The van der Waals surface area contributed by atoms with Crippen molar-refractivity contribution >= 4 is 43.2 Å². The second-order valence-corrected chi connectivity index (χ2v) is 7.64. The van der Waals surface area contributed by atoms with Crippen LogP contribution in [0.5, 0.6) is 5.75 Å². The molecule has 0 unspecified atom stereocenters. The van der Waals surface area contributed by atoms with Crippen LogP contribution in [0.4, 0.5) is 0 Å². The van der Waals surface area contributed by atoms with E-state index in [4.69, 9.17) is 4.74 Å². The van der Waals surface area contributed by atoms with Gasteiger partial charge in [0.1, 0.15) is 5.75 Å². The van der Waals surface area contributed by atoms with Crippen molar-refractivity contribution in [3.05, 3.63) is 49.0 Å². The molecule has 1 heterocycles. The average molecular weight is 433 g/mol. The third-order valence-corrected chi connectivity index (χ3v) is 4.90. The monoisotopic (exact) mass is 431 g/mol. The van der Waals surface area contributed by atoms with Crippen molar-refractivity contribution in [3.63, 3.8) is 0 Å². The van der Waals surface area contributed by atoms with E-state index in [0.29, 0.717) is 12.6 Å². The number of hydrogen-bond acceptors (Lipinski definition) is 3. The van der Waals surface area contributed by atoms with Gasteiger partial charge in [0, 0.05) is 19.0 Å². The van der Waals surface area contributed by atoms with Crippen LogP contribution >= 0.6 is 43.2 Å². The first-order valence-corrected chi connectivity index (χ1v) is 9.44. The third kappa shape index (κ3) is 5.40. The van der Waals surface area contributed by atoms with Crippen LogP contribution in [0.25, 0.3) is 0 Å². The largest absolute Gasteiger partial charge is 0.491 e. The Bertz CT molecular complexity index is 547. The van der Waals surface area contributed by atoms with Gasteiger partial charge in [-0.25, -0.2) is 0 Å². The normalized spacial score (nSPS) is 11.1. The molecule has 2 nitrogen and oxygen atoms in total. The molecule has 0 amide bonds.